The lowest BCUT2D eigenvalue weighted by molar-refractivity contribution is 0.166. The van der Waals surface area contributed by atoms with Crippen molar-refractivity contribution in [3.8, 4) is 33.8 Å². The first-order valence-electron chi connectivity index (χ1n) is 10.9. The molecule has 2 amide bonds. The normalized spacial score (nSPS) is 14.8. The third kappa shape index (κ3) is 4.61. The molecular formula is C25H23FN6OS. The first-order chi connectivity index (χ1) is 16.2. The number of piperidine rings is 1. The Labute approximate surface area is 201 Å². The third-order valence-electron chi connectivity index (χ3n) is 6.03. The Morgan fingerprint density at radius 3 is 2.62 bits per heavy atom. The van der Waals surface area contributed by atoms with Crippen molar-refractivity contribution in [2.75, 3.05) is 18.4 Å². The zero-order valence-corrected chi connectivity index (χ0v) is 20.0. The van der Waals surface area contributed by atoms with E-state index in [1.54, 1.807) is 49.1 Å². The molecular weight excluding hydrogens is 451 g/mol. The predicted octanol–water partition coefficient (Wildman–Crippen LogP) is 5.66. The van der Waals surface area contributed by atoms with Crippen LogP contribution >= 0.6 is 11.3 Å². The van der Waals surface area contributed by atoms with Crippen LogP contribution in [0.2, 0.25) is 0 Å². The van der Waals surface area contributed by atoms with Gasteiger partial charge in [-0.1, -0.05) is 23.5 Å². The molecule has 0 atom stereocenters. The fourth-order valence-corrected chi connectivity index (χ4v) is 4.94. The highest BCUT2D eigenvalue weighted by molar-refractivity contribution is 7.19. The molecule has 172 valence electrons. The number of nitriles is 2. The van der Waals surface area contributed by atoms with E-state index in [1.165, 1.54) is 11.3 Å². The number of thiazole rings is 1. The van der Waals surface area contributed by atoms with E-state index in [2.05, 4.69) is 27.4 Å². The van der Waals surface area contributed by atoms with Crippen LogP contribution < -0.4 is 5.32 Å². The lowest BCUT2D eigenvalue weighted by Crippen LogP contribution is -2.43. The number of carbonyl (C=O) groups is 1. The van der Waals surface area contributed by atoms with Crippen molar-refractivity contribution < 1.29 is 9.18 Å². The van der Waals surface area contributed by atoms with Gasteiger partial charge in [0.2, 0.25) is 0 Å². The average molecular weight is 475 g/mol. The lowest BCUT2D eigenvalue weighted by atomic mass is 9.82. The zero-order valence-electron chi connectivity index (χ0n) is 19.1. The largest absolute Gasteiger partial charge is 0.324 e. The number of anilines is 1. The number of halogens is 1. The molecule has 1 aliphatic heterocycles. The minimum absolute atomic E-state index is 0.277. The van der Waals surface area contributed by atoms with E-state index in [0.29, 0.717) is 64.0 Å². The summed E-state index contributed by atoms with van der Waals surface area (Å²) in [6.07, 6.45) is 1.21. The maximum absolute atomic E-state index is 15.1. The summed E-state index contributed by atoms with van der Waals surface area (Å²) in [5.41, 5.74) is 2.47. The van der Waals surface area contributed by atoms with Crippen molar-refractivity contribution in [2.24, 2.45) is 5.41 Å². The van der Waals surface area contributed by atoms with Crippen LogP contribution in [0.1, 0.15) is 36.7 Å². The second-order valence-electron chi connectivity index (χ2n) is 8.69. The number of hydrogen-bond donors (Lipinski definition) is 1. The van der Waals surface area contributed by atoms with Crippen LogP contribution in [-0.2, 0) is 0 Å². The van der Waals surface area contributed by atoms with Gasteiger partial charge >= 0.3 is 6.03 Å². The summed E-state index contributed by atoms with van der Waals surface area (Å²) >= 11 is 1.18. The maximum Gasteiger partial charge on any atom is 0.323 e. The van der Waals surface area contributed by atoms with Gasteiger partial charge in [0.25, 0.3) is 0 Å². The molecule has 0 spiro atoms. The van der Waals surface area contributed by atoms with Gasteiger partial charge in [0.1, 0.15) is 0 Å². The van der Waals surface area contributed by atoms with Gasteiger partial charge in [0.05, 0.1) is 39.4 Å². The maximum atomic E-state index is 15.1. The number of nitrogens with zero attached hydrogens (tertiary/aromatic N) is 5. The van der Waals surface area contributed by atoms with Crippen LogP contribution in [0.15, 0.2) is 30.3 Å². The highest BCUT2D eigenvalue weighted by Crippen LogP contribution is 2.41. The summed E-state index contributed by atoms with van der Waals surface area (Å²) < 4.78 is 15.1. The van der Waals surface area contributed by atoms with Crippen molar-refractivity contribution in [3.63, 3.8) is 0 Å². The number of aromatic nitrogens is 2. The number of aryl methyl sites for hydroxylation is 2. The molecule has 1 saturated heterocycles. The fraction of sp³-hybridized carbons (Fsp3) is 0.320. The highest BCUT2D eigenvalue weighted by atomic mass is 32.1. The molecule has 3 aromatic rings. The van der Waals surface area contributed by atoms with Crippen molar-refractivity contribution >= 4 is 22.5 Å². The smallest absolute Gasteiger partial charge is 0.323 e. The number of carbonyl (C=O) groups excluding carboxylic acids is 1. The first-order valence-corrected chi connectivity index (χ1v) is 11.7. The van der Waals surface area contributed by atoms with Gasteiger partial charge in [0, 0.05) is 29.9 Å². The van der Waals surface area contributed by atoms with E-state index in [0.717, 1.165) is 0 Å². The van der Waals surface area contributed by atoms with Crippen molar-refractivity contribution in [1.29, 1.82) is 10.5 Å². The first kappa shape index (κ1) is 23.3. The molecule has 3 heterocycles. The van der Waals surface area contributed by atoms with Crippen LogP contribution in [0, 0.1) is 47.7 Å². The van der Waals surface area contributed by atoms with Gasteiger partial charge in [-0.25, -0.2) is 14.2 Å². The predicted molar refractivity (Wildman–Crippen MR) is 128 cm³/mol. The number of urea groups is 1. The molecule has 1 aliphatic rings. The number of likely N-dealkylation sites (tertiary alicyclic amines) is 1. The monoisotopic (exact) mass is 474 g/mol. The summed E-state index contributed by atoms with van der Waals surface area (Å²) in [5.74, 6) is -0.448. The molecule has 0 unspecified atom stereocenters. The molecule has 7 nitrogen and oxygen atoms in total. The van der Waals surface area contributed by atoms with E-state index in [4.69, 9.17) is 0 Å². The summed E-state index contributed by atoms with van der Waals surface area (Å²) in [6, 6.07) is 12.7. The van der Waals surface area contributed by atoms with Gasteiger partial charge in [-0.2, -0.15) is 10.5 Å². The van der Waals surface area contributed by atoms with Gasteiger partial charge in [0.15, 0.2) is 10.9 Å². The molecule has 9 heteroatoms. The van der Waals surface area contributed by atoms with Crippen LogP contribution in [-0.4, -0.2) is 34.0 Å². The molecule has 1 aromatic carbocycles. The molecule has 2 aromatic heterocycles. The zero-order chi connectivity index (χ0) is 24.5. The number of benzene rings is 1. The van der Waals surface area contributed by atoms with Crippen molar-refractivity contribution in [2.45, 2.75) is 33.6 Å². The Bertz CT molecular complexity index is 1340. The summed E-state index contributed by atoms with van der Waals surface area (Å²) in [4.78, 5) is 23.9. The molecule has 1 fully saturated rings. The second kappa shape index (κ2) is 9.20. The van der Waals surface area contributed by atoms with Crippen LogP contribution in [0.4, 0.5) is 14.3 Å². The van der Waals surface area contributed by atoms with Gasteiger partial charge in [-0.3, -0.25) is 10.3 Å². The van der Waals surface area contributed by atoms with E-state index >= 15 is 4.39 Å². The topological polar surface area (TPSA) is 106 Å². The highest BCUT2D eigenvalue weighted by Gasteiger charge is 2.32. The summed E-state index contributed by atoms with van der Waals surface area (Å²) in [5, 5.41) is 21.8. The second-order valence-corrected chi connectivity index (χ2v) is 9.69. The Hall–Kier alpha value is -3.82. The average Bonchev–Trinajstić information content (AvgIpc) is 3.25. The molecule has 0 saturated carbocycles. The van der Waals surface area contributed by atoms with Crippen LogP contribution in [0.5, 0.6) is 0 Å². The molecule has 1 N–H and O–H groups in total. The number of rotatable bonds is 3. The molecule has 0 bridgehead atoms. The number of nitrogens with one attached hydrogen (secondary N) is 1. The minimum Gasteiger partial charge on any atom is -0.324 e. The number of hydrogen-bond acceptors (Lipinski definition) is 6. The Balaban J connectivity index is 1.71. The van der Waals surface area contributed by atoms with Crippen LogP contribution in [0.3, 0.4) is 0 Å². The van der Waals surface area contributed by atoms with Crippen molar-refractivity contribution in [1.82, 2.24) is 14.9 Å². The molecule has 4 rings (SSSR count). The van der Waals surface area contributed by atoms with Gasteiger partial charge in [-0.05, 0) is 51.8 Å². The molecule has 0 aliphatic carbocycles. The molecule has 34 heavy (non-hydrogen) atoms. The fourth-order valence-electron chi connectivity index (χ4n) is 3.95. The van der Waals surface area contributed by atoms with E-state index in [9.17, 15) is 15.3 Å². The van der Waals surface area contributed by atoms with Gasteiger partial charge in [-0.15, -0.1) is 0 Å². The number of pyridine rings is 1. The summed E-state index contributed by atoms with van der Waals surface area (Å²) in [6.45, 7) is 6.26. The Morgan fingerprint density at radius 1 is 1.21 bits per heavy atom. The Morgan fingerprint density at radius 2 is 1.94 bits per heavy atom. The van der Waals surface area contributed by atoms with E-state index in [-0.39, 0.29) is 11.7 Å². The number of amides is 2. The third-order valence-corrected chi connectivity index (χ3v) is 7.03. The summed E-state index contributed by atoms with van der Waals surface area (Å²) in [7, 11) is 0. The van der Waals surface area contributed by atoms with E-state index < -0.39 is 11.2 Å². The van der Waals surface area contributed by atoms with Crippen molar-refractivity contribution in [3.05, 3.63) is 53.1 Å². The van der Waals surface area contributed by atoms with Gasteiger partial charge < -0.3 is 4.90 Å². The Kier molecular flexibility index (Phi) is 6.32. The minimum atomic E-state index is -0.448. The standard InChI is InChI=1S/C25H23FN6OS/c1-15-11-19(20(26)16(2)29-15)22-21(18-6-4-5-17(12-18)13-27)30-23(34-22)31-24(33)32-9-7-25(3,14-28)8-10-32/h4-6,11-12H,7-10H2,1-3H3,(H,30,31,33). The molecule has 0 radical (unpaired) electrons. The lowest BCUT2D eigenvalue weighted by Gasteiger charge is -2.34. The van der Waals surface area contributed by atoms with E-state index in [1.807, 2.05) is 6.92 Å². The van der Waals surface area contributed by atoms with Crippen LogP contribution in [0.25, 0.3) is 21.7 Å². The quantitative estimate of drug-likeness (QED) is 0.527. The SMILES string of the molecule is Cc1cc(-c2sc(NC(=O)N3CCC(C)(C#N)CC3)nc2-c2cccc(C#N)c2)c(F)c(C)n1.